The number of aliphatic carboxylic acids is 1. The van der Waals surface area contributed by atoms with Crippen molar-refractivity contribution in [2.24, 2.45) is 0 Å². The van der Waals surface area contributed by atoms with E-state index in [0.29, 0.717) is 9.23 Å². The number of carboxylic acids is 1. The fourth-order valence-electron chi connectivity index (χ4n) is 3.07. The second kappa shape index (κ2) is 7.70. The van der Waals surface area contributed by atoms with E-state index in [2.05, 4.69) is 35.8 Å². The van der Waals surface area contributed by atoms with Gasteiger partial charge in [0.2, 0.25) is 0 Å². The first-order valence-corrected chi connectivity index (χ1v) is 9.73. The Labute approximate surface area is 167 Å². The lowest BCUT2D eigenvalue weighted by atomic mass is 10.2. The minimum atomic E-state index is -0.949. The van der Waals surface area contributed by atoms with E-state index >= 15 is 0 Å². The molecular formula is C20H20N2O3S2. The van der Waals surface area contributed by atoms with Crippen LogP contribution in [0.5, 0.6) is 0 Å². The highest BCUT2D eigenvalue weighted by Crippen LogP contribution is 2.34. The molecule has 5 nitrogen and oxygen atoms in total. The zero-order valence-corrected chi connectivity index (χ0v) is 17.0. The Hall–Kier alpha value is -2.38. The van der Waals surface area contributed by atoms with Gasteiger partial charge in [-0.1, -0.05) is 41.7 Å². The summed E-state index contributed by atoms with van der Waals surface area (Å²) < 4.78 is 2.55. The highest BCUT2D eigenvalue weighted by Gasteiger charge is 2.32. The first-order chi connectivity index (χ1) is 12.8. The van der Waals surface area contributed by atoms with E-state index in [-0.39, 0.29) is 18.9 Å². The van der Waals surface area contributed by atoms with Gasteiger partial charge in [0.25, 0.3) is 5.91 Å². The fourth-order valence-corrected chi connectivity index (χ4v) is 4.37. The quantitative estimate of drug-likeness (QED) is 0.605. The number of carbonyl (C=O) groups excluding carboxylic acids is 1. The molecule has 1 saturated heterocycles. The molecule has 3 rings (SSSR count). The molecule has 1 amide bonds. The first kappa shape index (κ1) is 19.4. The Morgan fingerprint density at radius 3 is 2.52 bits per heavy atom. The Balaban J connectivity index is 1.91. The van der Waals surface area contributed by atoms with Gasteiger partial charge in [0.05, 0.1) is 11.3 Å². The topological polar surface area (TPSA) is 62.5 Å². The maximum absolute atomic E-state index is 12.6. The molecule has 2 heterocycles. The van der Waals surface area contributed by atoms with E-state index in [0.717, 1.165) is 22.6 Å². The smallest absolute Gasteiger partial charge is 0.305 e. The van der Waals surface area contributed by atoms with Crippen LogP contribution < -0.4 is 0 Å². The number of carbonyl (C=O) groups is 2. The zero-order valence-electron chi connectivity index (χ0n) is 15.4. The van der Waals surface area contributed by atoms with Crippen molar-refractivity contribution in [3.63, 3.8) is 0 Å². The minimum Gasteiger partial charge on any atom is -0.481 e. The van der Waals surface area contributed by atoms with Crippen LogP contribution in [0, 0.1) is 20.8 Å². The van der Waals surface area contributed by atoms with Gasteiger partial charge >= 0.3 is 5.97 Å². The SMILES string of the molecule is Cc1ccc(-n2c(C)cc(C=C3SC(=S)N(CCC(=O)O)C3=O)c2C)cc1. The highest BCUT2D eigenvalue weighted by atomic mass is 32.2. The fraction of sp³-hybridized carbons (Fsp3) is 0.250. The zero-order chi connectivity index (χ0) is 19.7. The van der Waals surface area contributed by atoms with Gasteiger partial charge in [0, 0.05) is 23.6 Å². The maximum Gasteiger partial charge on any atom is 0.305 e. The number of benzene rings is 1. The molecule has 0 saturated carbocycles. The predicted molar refractivity (Wildman–Crippen MR) is 112 cm³/mol. The molecule has 1 aromatic heterocycles. The number of thioether (sulfide) groups is 1. The van der Waals surface area contributed by atoms with Crippen LogP contribution in [0.2, 0.25) is 0 Å². The van der Waals surface area contributed by atoms with Gasteiger partial charge in [-0.15, -0.1) is 0 Å². The molecule has 1 fully saturated rings. The van der Waals surface area contributed by atoms with Gasteiger partial charge in [-0.05, 0) is 50.6 Å². The summed E-state index contributed by atoms with van der Waals surface area (Å²) in [7, 11) is 0. The third kappa shape index (κ3) is 3.99. The molecule has 2 aromatic rings. The van der Waals surface area contributed by atoms with Crippen LogP contribution in [0.4, 0.5) is 0 Å². The number of thiocarbonyl (C=S) groups is 1. The van der Waals surface area contributed by atoms with Crippen LogP contribution in [0.15, 0.2) is 35.2 Å². The van der Waals surface area contributed by atoms with E-state index in [1.54, 1.807) is 0 Å². The van der Waals surface area contributed by atoms with Crippen molar-refractivity contribution in [1.29, 1.82) is 0 Å². The summed E-state index contributed by atoms with van der Waals surface area (Å²) in [4.78, 5) is 25.3. The van der Waals surface area contributed by atoms with Crippen molar-refractivity contribution in [2.75, 3.05) is 6.54 Å². The van der Waals surface area contributed by atoms with E-state index in [9.17, 15) is 9.59 Å². The summed E-state index contributed by atoms with van der Waals surface area (Å²) in [6, 6.07) is 10.3. The van der Waals surface area contributed by atoms with E-state index in [1.165, 1.54) is 22.2 Å². The lowest BCUT2D eigenvalue weighted by molar-refractivity contribution is -0.137. The first-order valence-electron chi connectivity index (χ1n) is 8.51. The molecule has 7 heteroatoms. The van der Waals surface area contributed by atoms with Gasteiger partial charge in [-0.25, -0.2) is 0 Å². The molecule has 0 atom stereocenters. The predicted octanol–water partition coefficient (Wildman–Crippen LogP) is 4.08. The minimum absolute atomic E-state index is 0.0970. The second-order valence-electron chi connectivity index (χ2n) is 6.47. The molecule has 1 aromatic carbocycles. The molecule has 140 valence electrons. The molecule has 1 aliphatic rings. The van der Waals surface area contributed by atoms with Crippen molar-refractivity contribution in [3.05, 3.63) is 57.8 Å². The highest BCUT2D eigenvalue weighted by molar-refractivity contribution is 8.26. The van der Waals surface area contributed by atoms with E-state index < -0.39 is 5.97 Å². The Morgan fingerprint density at radius 1 is 1.22 bits per heavy atom. The number of aryl methyl sites for hydroxylation is 2. The third-order valence-corrected chi connectivity index (χ3v) is 5.85. The molecule has 0 aliphatic carbocycles. The van der Waals surface area contributed by atoms with Crippen LogP contribution in [-0.2, 0) is 9.59 Å². The summed E-state index contributed by atoms with van der Waals surface area (Å²) in [6.45, 7) is 6.20. The lowest BCUT2D eigenvalue weighted by Crippen LogP contribution is -2.30. The van der Waals surface area contributed by atoms with Gasteiger partial charge in [-0.3, -0.25) is 14.5 Å². The Kier molecular flexibility index (Phi) is 5.53. The molecular weight excluding hydrogens is 380 g/mol. The normalized spacial score (nSPS) is 15.8. The van der Waals surface area contributed by atoms with Crippen LogP contribution >= 0.6 is 24.0 Å². The van der Waals surface area contributed by atoms with Gasteiger partial charge < -0.3 is 9.67 Å². The molecule has 0 unspecified atom stereocenters. The summed E-state index contributed by atoms with van der Waals surface area (Å²) >= 11 is 6.46. The van der Waals surface area contributed by atoms with Gasteiger partial charge in [0.15, 0.2) is 0 Å². The number of amides is 1. The lowest BCUT2D eigenvalue weighted by Gasteiger charge is -2.12. The summed E-state index contributed by atoms with van der Waals surface area (Å²) in [5.74, 6) is -1.18. The summed E-state index contributed by atoms with van der Waals surface area (Å²) in [5, 5.41) is 8.84. The van der Waals surface area contributed by atoms with Crippen LogP contribution in [0.3, 0.4) is 0 Å². The maximum atomic E-state index is 12.6. The summed E-state index contributed by atoms with van der Waals surface area (Å²) in [5.41, 5.74) is 5.33. The molecule has 0 spiro atoms. The Morgan fingerprint density at radius 2 is 1.89 bits per heavy atom. The molecule has 0 bridgehead atoms. The van der Waals surface area contributed by atoms with Crippen LogP contribution in [-0.4, -0.2) is 37.3 Å². The van der Waals surface area contributed by atoms with Gasteiger partial charge in [0.1, 0.15) is 4.32 Å². The van der Waals surface area contributed by atoms with Crippen molar-refractivity contribution < 1.29 is 14.7 Å². The van der Waals surface area contributed by atoms with E-state index in [1.807, 2.05) is 26.0 Å². The van der Waals surface area contributed by atoms with Crippen LogP contribution in [0.25, 0.3) is 11.8 Å². The largest absolute Gasteiger partial charge is 0.481 e. The van der Waals surface area contributed by atoms with Crippen molar-refractivity contribution in [2.45, 2.75) is 27.2 Å². The number of carboxylic acid groups (broad SMARTS) is 1. The Bertz CT molecular complexity index is 958. The van der Waals surface area contributed by atoms with Crippen LogP contribution in [0.1, 0.15) is 28.9 Å². The molecule has 27 heavy (non-hydrogen) atoms. The molecule has 1 aliphatic heterocycles. The van der Waals surface area contributed by atoms with E-state index in [4.69, 9.17) is 17.3 Å². The molecule has 0 radical (unpaired) electrons. The third-order valence-electron chi connectivity index (χ3n) is 4.47. The number of aromatic nitrogens is 1. The average Bonchev–Trinajstić information content (AvgIpc) is 3.03. The van der Waals surface area contributed by atoms with Crippen molar-refractivity contribution in [1.82, 2.24) is 9.47 Å². The van der Waals surface area contributed by atoms with Gasteiger partial charge in [-0.2, -0.15) is 0 Å². The molecule has 1 N–H and O–H groups in total. The average molecular weight is 401 g/mol. The standard InChI is InChI=1S/C20H20N2O3S2/c1-12-4-6-16(7-5-12)22-13(2)10-15(14(22)3)11-17-19(25)21(20(26)27-17)9-8-18(23)24/h4-7,10-11H,8-9H2,1-3H3,(H,23,24). The number of nitrogens with zero attached hydrogens (tertiary/aromatic N) is 2. The van der Waals surface area contributed by atoms with Crippen molar-refractivity contribution >= 4 is 46.3 Å². The number of rotatable bonds is 5. The second-order valence-corrected chi connectivity index (χ2v) is 8.15. The number of hydrogen-bond acceptors (Lipinski definition) is 4. The van der Waals surface area contributed by atoms with Crippen molar-refractivity contribution in [3.8, 4) is 5.69 Å². The summed E-state index contributed by atoms with van der Waals surface area (Å²) in [6.07, 6.45) is 1.72. The number of hydrogen-bond donors (Lipinski definition) is 1. The monoisotopic (exact) mass is 400 g/mol.